The van der Waals surface area contributed by atoms with Gasteiger partial charge in [0.05, 0.1) is 6.54 Å². The lowest BCUT2D eigenvalue weighted by molar-refractivity contribution is -0.133. The van der Waals surface area contributed by atoms with E-state index in [1.807, 2.05) is 6.07 Å². The van der Waals surface area contributed by atoms with Crippen LogP contribution in [0.25, 0.3) is 11.1 Å². The van der Waals surface area contributed by atoms with Crippen LogP contribution in [-0.2, 0) is 51.0 Å². The summed E-state index contributed by atoms with van der Waals surface area (Å²) in [5, 5.41) is 32.3. The molecule has 3 rings (SSSR count). The summed E-state index contributed by atoms with van der Waals surface area (Å²) in [5.74, 6) is -3.12. The van der Waals surface area contributed by atoms with Crippen LogP contribution in [0, 0.1) is 0 Å². The Hall–Kier alpha value is -6.80. The summed E-state index contributed by atoms with van der Waals surface area (Å²) in [7, 11) is 0. The molecule has 0 saturated heterocycles. The molecule has 1 aliphatic heterocycles. The van der Waals surface area contributed by atoms with Crippen molar-refractivity contribution in [2.24, 2.45) is 0 Å². The first-order valence-electron chi connectivity index (χ1n) is 23.8. The second-order valence-corrected chi connectivity index (χ2v) is 21.3. The summed E-state index contributed by atoms with van der Waals surface area (Å²) >= 11 is 0. The molecule has 1 aliphatic rings. The largest absolute Gasteiger partial charge is 0.508 e. The molecule has 2 aromatic carbocycles. The SMILES string of the molecule is CC(C)(C)OC(=O)NCCC[C@@H](CNC(=O)CNC(=O)[C@@H]1Cc2cccc(c2)-c2ccc(O)c(c2)C[C@H](NC(=O)OC(C)(C)C)C(=O)N[C@@H](CCCNC(=O)OC(C)(C)C)C(=O)N1)NC(=O)OC(C)(C)C. The van der Waals surface area contributed by atoms with E-state index in [1.54, 1.807) is 113 Å². The Labute approximate surface area is 416 Å². The second kappa shape index (κ2) is 25.9. The smallest absolute Gasteiger partial charge is 0.408 e. The van der Waals surface area contributed by atoms with Crippen molar-refractivity contribution in [1.82, 2.24) is 42.5 Å². The van der Waals surface area contributed by atoms with Crippen molar-refractivity contribution in [1.29, 1.82) is 0 Å². The first-order chi connectivity index (χ1) is 32.8. The van der Waals surface area contributed by atoms with Gasteiger partial charge in [0.25, 0.3) is 0 Å². The van der Waals surface area contributed by atoms with Crippen LogP contribution < -0.4 is 42.5 Å². The van der Waals surface area contributed by atoms with Crippen LogP contribution in [0.15, 0.2) is 42.5 Å². The maximum absolute atomic E-state index is 14.3. The van der Waals surface area contributed by atoms with Gasteiger partial charge >= 0.3 is 24.4 Å². The molecular formula is C50H76N8O13. The normalized spacial score (nSPS) is 17.0. The Morgan fingerprint density at radius 3 is 1.82 bits per heavy atom. The fourth-order valence-corrected chi connectivity index (χ4v) is 6.90. The van der Waals surface area contributed by atoms with E-state index in [9.17, 15) is 43.5 Å². The van der Waals surface area contributed by atoms with E-state index in [-0.39, 0.29) is 51.1 Å². The third kappa shape index (κ3) is 23.6. The summed E-state index contributed by atoms with van der Waals surface area (Å²) in [6.07, 6.45) is -2.43. The Bertz CT molecular complexity index is 2190. The van der Waals surface area contributed by atoms with Crippen molar-refractivity contribution < 1.29 is 62.4 Å². The molecule has 0 aromatic heterocycles. The van der Waals surface area contributed by atoms with Gasteiger partial charge in [-0.3, -0.25) is 19.2 Å². The number of hydrogen-bond donors (Lipinski definition) is 9. The van der Waals surface area contributed by atoms with Crippen LogP contribution in [0.1, 0.15) is 120 Å². The third-order valence-corrected chi connectivity index (χ3v) is 9.90. The van der Waals surface area contributed by atoms with Gasteiger partial charge in [-0.2, -0.15) is 0 Å². The average Bonchev–Trinajstić information content (AvgIpc) is 3.21. The number of rotatable bonds is 15. The van der Waals surface area contributed by atoms with E-state index in [0.29, 0.717) is 35.1 Å². The number of carbonyl (C=O) groups excluding carboxylic acids is 8. The zero-order valence-corrected chi connectivity index (χ0v) is 43.3. The molecule has 0 fully saturated rings. The zero-order valence-electron chi connectivity index (χ0n) is 43.3. The average molecular weight is 997 g/mol. The highest BCUT2D eigenvalue weighted by atomic mass is 16.6. The van der Waals surface area contributed by atoms with Crippen LogP contribution >= 0.6 is 0 Å². The highest BCUT2D eigenvalue weighted by Gasteiger charge is 2.32. The second-order valence-electron chi connectivity index (χ2n) is 21.3. The molecule has 4 atom stereocenters. The van der Waals surface area contributed by atoms with Crippen molar-refractivity contribution in [3.05, 3.63) is 53.6 Å². The van der Waals surface area contributed by atoms with E-state index in [1.165, 1.54) is 6.07 Å². The molecule has 4 bridgehead atoms. The van der Waals surface area contributed by atoms with Gasteiger partial charge in [0, 0.05) is 38.5 Å². The molecule has 8 amide bonds. The quantitative estimate of drug-likeness (QED) is 0.0861. The van der Waals surface area contributed by atoms with Gasteiger partial charge in [0.2, 0.25) is 23.6 Å². The van der Waals surface area contributed by atoms with Crippen molar-refractivity contribution in [2.75, 3.05) is 26.2 Å². The van der Waals surface area contributed by atoms with Gasteiger partial charge in [0.1, 0.15) is 46.3 Å². The van der Waals surface area contributed by atoms with Crippen LogP contribution in [0.4, 0.5) is 19.2 Å². The number of amides is 8. The number of aromatic hydroxyl groups is 1. The first kappa shape index (κ1) is 58.5. The Kier molecular flexibility index (Phi) is 21.3. The van der Waals surface area contributed by atoms with Crippen molar-refractivity contribution in [3.8, 4) is 16.9 Å². The summed E-state index contributed by atoms with van der Waals surface area (Å²) < 4.78 is 21.5. The molecule has 71 heavy (non-hydrogen) atoms. The van der Waals surface area contributed by atoms with Crippen LogP contribution in [0.2, 0.25) is 0 Å². The molecule has 21 nitrogen and oxygen atoms in total. The number of hydrogen-bond acceptors (Lipinski definition) is 13. The number of fused-ring (bicyclic) bond motifs is 5. The third-order valence-electron chi connectivity index (χ3n) is 9.90. The Morgan fingerprint density at radius 2 is 1.21 bits per heavy atom. The number of alkyl carbamates (subject to hydrolysis) is 4. The molecule has 21 heteroatoms. The lowest BCUT2D eigenvalue weighted by Crippen LogP contribution is -2.58. The van der Waals surface area contributed by atoms with Crippen molar-refractivity contribution in [3.63, 3.8) is 0 Å². The molecule has 1 heterocycles. The lowest BCUT2D eigenvalue weighted by Gasteiger charge is -2.27. The number of phenols is 1. The molecule has 0 unspecified atom stereocenters. The van der Waals surface area contributed by atoms with Crippen LogP contribution in [0.3, 0.4) is 0 Å². The molecule has 9 N–H and O–H groups in total. The van der Waals surface area contributed by atoms with E-state index in [0.717, 1.165) is 0 Å². The number of carbonyl (C=O) groups is 8. The van der Waals surface area contributed by atoms with Gasteiger partial charge in [-0.05, 0) is 143 Å². The first-order valence-corrected chi connectivity index (χ1v) is 23.8. The highest BCUT2D eigenvalue weighted by Crippen LogP contribution is 2.28. The van der Waals surface area contributed by atoms with E-state index >= 15 is 0 Å². The number of phenolic OH excluding ortho intramolecular Hbond substituents is 1. The fraction of sp³-hybridized carbons (Fsp3) is 0.600. The van der Waals surface area contributed by atoms with Gasteiger partial charge < -0.3 is 66.6 Å². The van der Waals surface area contributed by atoms with E-state index < -0.39 is 101 Å². The predicted octanol–water partition coefficient (Wildman–Crippen LogP) is 4.76. The van der Waals surface area contributed by atoms with Gasteiger partial charge in [-0.15, -0.1) is 0 Å². The number of ether oxygens (including phenoxy) is 4. The molecular weight excluding hydrogens is 921 g/mol. The summed E-state index contributed by atoms with van der Waals surface area (Å²) in [5.41, 5.74) is -0.963. The van der Waals surface area contributed by atoms with Gasteiger partial charge in [-0.1, -0.05) is 30.3 Å². The van der Waals surface area contributed by atoms with Crippen LogP contribution in [0.5, 0.6) is 5.75 Å². The van der Waals surface area contributed by atoms with E-state index in [2.05, 4.69) is 42.5 Å². The summed E-state index contributed by atoms with van der Waals surface area (Å²) in [6, 6.07) is 7.27. The maximum Gasteiger partial charge on any atom is 0.408 e. The predicted molar refractivity (Wildman–Crippen MR) is 264 cm³/mol. The summed E-state index contributed by atoms with van der Waals surface area (Å²) in [6.45, 7) is 20.1. The molecule has 0 aliphatic carbocycles. The van der Waals surface area contributed by atoms with Gasteiger partial charge in [0.15, 0.2) is 0 Å². The maximum atomic E-state index is 14.3. The fourth-order valence-electron chi connectivity index (χ4n) is 6.90. The molecule has 0 saturated carbocycles. The zero-order chi connectivity index (χ0) is 53.3. The number of benzene rings is 2. The molecule has 0 radical (unpaired) electrons. The monoisotopic (exact) mass is 997 g/mol. The standard InChI is InChI=1S/C50H76N8O13/c1-47(2,3)68-43(64)51-22-14-18-34(55-45(66)70-49(7,8)9)28-53-39(60)29-54-40(61)36-25-30-16-13-17-31(24-30)32-20-21-38(59)33(26-32)27-37(58-46(67)71-50(10,11)12)42(63)56-35(41(62)57-36)19-15-23-52-44(65)69-48(4,5)6/h13,16-17,20-21,24,26,34-37,59H,14-15,18-19,22-23,25,27-29H2,1-12H3,(H,51,64)(H,52,65)(H,53,60)(H,54,61)(H,55,66)(H,56,63)(H,57,62)(H,58,67)/t34-,35-,36-,37-/m0/s1. The van der Waals surface area contributed by atoms with Crippen molar-refractivity contribution >= 4 is 48.0 Å². The molecule has 394 valence electrons. The van der Waals surface area contributed by atoms with Crippen LogP contribution in [-0.4, -0.2) is 126 Å². The topological polar surface area (TPSA) is 290 Å². The number of nitrogens with one attached hydrogen (secondary N) is 8. The minimum atomic E-state index is -1.37. The minimum Gasteiger partial charge on any atom is -0.508 e. The summed E-state index contributed by atoms with van der Waals surface area (Å²) in [4.78, 5) is 106. The van der Waals surface area contributed by atoms with Gasteiger partial charge in [-0.25, -0.2) is 19.2 Å². The highest BCUT2D eigenvalue weighted by molar-refractivity contribution is 5.95. The molecule has 0 spiro atoms. The minimum absolute atomic E-state index is 0.0394. The van der Waals surface area contributed by atoms with Crippen molar-refractivity contribution in [2.45, 2.75) is 168 Å². The van der Waals surface area contributed by atoms with E-state index in [4.69, 9.17) is 18.9 Å². The Balaban J connectivity index is 1.90. The molecule has 2 aromatic rings. The Morgan fingerprint density at radius 1 is 0.648 bits per heavy atom. The lowest BCUT2D eigenvalue weighted by atomic mass is 9.96.